The zero-order valence-electron chi connectivity index (χ0n) is 12.8. The van der Waals surface area contributed by atoms with E-state index in [1.165, 1.54) is 18.9 Å². The van der Waals surface area contributed by atoms with Crippen molar-refractivity contribution in [3.05, 3.63) is 47.6 Å². The van der Waals surface area contributed by atoms with Crippen LogP contribution in [0.2, 0.25) is 0 Å². The molecule has 23 heavy (non-hydrogen) atoms. The third kappa shape index (κ3) is 2.01. The summed E-state index contributed by atoms with van der Waals surface area (Å²) in [6, 6.07) is 4.82. The number of hydrogen-bond donors (Lipinski definition) is 0. The molecule has 116 valence electrons. The molecule has 3 heterocycles. The summed E-state index contributed by atoms with van der Waals surface area (Å²) in [5, 5.41) is 4.68. The molecule has 0 atom stereocenters. The van der Waals surface area contributed by atoms with E-state index in [1.807, 2.05) is 16.2 Å². The van der Waals surface area contributed by atoms with E-state index in [0.29, 0.717) is 6.54 Å². The maximum atomic E-state index is 13.8. The van der Waals surface area contributed by atoms with Crippen LogP contribution in [-0.4, -0.2) is 24.3 Å². The van der Waals surface area contributed by atoms with Gasteiger partial charge in [-0.25, -0.2) is 19.0 Å². The molecule has 0 saturated heterocycles. The first kappa shape index (κ1) is 13.0. The molecular formula is C17H16FN5. The van der Waals surface area contributed by atoms with Crippen LogP contribution in [0.25, 0.3) is 17.1 Å². The molecule has 1 fully saturated rings. The van der Waals surface area contributed by atoms with Crippen molar-refractivity contribution in [1.29, 1.82) is 0 Å². The maximum absolute atomic E-state index is 13.8. The van der Waals surface area contributed by atoms with Gasteiger partial charge < -0.3 is 4.57 Å². The van der Waals surface area contributed by atoms with Crippen molar-refractivity contribution in [2.75, 3.05) is 0 Å². The molecule has 0 spiro atoms. The van der Waals surface area contributed by atoms with Gasteiger partial charge in [0.2, 0.25) is 0 Å². The Balaban J connectivity index is 1.74. The molecule has 2 aliphatic rings. The largest absolute Gasteiger partial charge is 0.300 e. The number of imidazole rings is 1. The van der Waals surface area contributed by atoms with Crippen molar-refractivity contribution in [3.63, 3.8) is 0 Å². The third-order valence-electron chi connectivity index (χ3n) is 4.72. The lowest BCUT2D eigenvalue weighted by atomic mass is 10.1. The Bertz CT molecular complexity index is 919. The maximum Gasteiger partial charge on any atom is 0.160 e. The zero-order valence-corrected chi connectivity index (χ0v) is 12.8. The molecule has 1 aliphatic carbocycles. The number of aromatic nitrogens is 5. The molecule has 0 unspecified atom stereocenters. The van der Waals surface area contributed by atoms with E-state index in [-0.39, 0.29) is 5.82 Å². The monoisotopic (exact) mass is 309 g/mol. The first-order valence-corrected chi connectivity index (χ1v) is 7.96. The SMILES string of the molecule is Cc1ncn2c1Cn1nc(CC3CC3)nc1-c1cc(F)ccc1-2. The Labute approximate surface area is 132 Å². The molecule has 1 saturated carbocycles. The predicted octanol–water partition coefficient (Wildman–Crippen LogP) is 2.89. The Kier molecular flexibility index (Phi) is 2.54. The van der Waals surface area contributed by atoms with Crippen molar-refractivity contribution < 1.29 is 4.39 Å². The fraction of sp³-hybridized carbons (Fsp3) is 0.353. The standard InChI is InChI=1S/C17H16FN5/c1-10-15-8-23-17(20-16(21-23)6-11-2-3-11)13-7-12(18)4-5-14(13)22(15)9-19-10/h4-5,7,9,11H,2-3,6,8H2,1H3. The third-order valence-corrected chi connectivity index (χ3v) is 4.72. The van der Waals surface area contributed by atoms with Crippen LogP contribution >= 0.6 is 0 Å². The number of nitrogens with zero attached hydrogens (tertiary/aromatic N) is 5. The van der Waals surface area contributed by atoms with Crippen molar-refractivity contribution in [1.82, 2.24) is 24.3 Å². The van der Waals surface area contributed by atoms with Crippen LogP contribution in [0.5, 0.6) is 0 Å². The van der Waals surface area contributed by atoms with Crippen LogP contribution < -0.4 is 0 Å². The smallest absolute Gasteiger partial charge is 0.160 e. The lowest BCUT2D eigenvalue weighted by Crippen LogP contribution is -2.06. The van der Waals surface area contributed by atoms with Gasteiger partial charge in [-0.1, -0.05) is 0 Å². The fourth-order valence-electron chi connectivity index (χ4n) is 3.27. The summed E-state index contributed by atoms with van der Waals surface area (Å²) in [4.78, 5) is 9.12. The molecule has 0 radical (unpaired) electrons. The van der Waals surface area contributed by atoms with Crippen LogP contribution in [0.1, 0.15) is 30.1 Å². The minimum atomic E-state index is -0.262. The second kappa shape index (κ2) is 4.50. The van der Waals surface area contributed by atoms with Crippen LogP contribution in [0.4, 0.5) is 4.39 Å². The van der Waals surface area contributed by atoms with Gasteiger partial charge in [0.25, 0.3) is 0 Å². The van der Waals surface area contributed by atoms with E-state index in [1.54, 1.807) is 18.5 Å². The van der Waals surface area contributed by atoms with Crippen molar-refractivity contribution in [2.45, 2.75) is 32.7 Å². The average Bonchev–Trinajstić information content (AvgIpc) is 3.17. The summed E-state index contributed by atoms with van der Waals surface area (Å²) in [5.41, 5.74) is 3.72. The molecule has 0 N–H and O–H groups in total. The van der Waals surface area contributed by atoms with Gasteiger partial charge in [-0.05, 0) is 43.9 Å². The lowest BCUT2D eigenvalue weighted by molar-refractivity contribution is 0.627. The fourth-order valence-corrected chi connectivity index (χ4v) is 3.27. The Morgan fingerprint density at radius 2 is 2.17 bits per heavy atom. The number of halogens is 1. The average molecular weight is 309 g/mol. The van der Waals surface area contributed by atoms with Crippen LogP contribution in [0.3, 0.4) is 0 Å². The molecule has 0 amide bonds. The van der Waals surface area contributed by atoms with Gasteiger partial charge in [0, 0.05) is 12.0 Å². The van der Waals surface area contributed by atoms with Gasteiger partial charge in [0.15, 0.2) is 11.6 Å². The second-order valence-corrected chi connectivity index (χ2v) is 6.46. The van der Waals surface area contributed by atoms with Gasteiger partial charge in [-0.3, -0.25) is 0 Å². The summed E-state index contributed by atoms with van der Waals surface area (Å²) in [6.45, 7) is 2.59. The van der Waals surface area contributed by atoms with E-state index in [2.05, 4.69) is 10.1 Å². The van der Waals surface area contributed by atoms with Crippen molar-refractivity contribution in [2.24, 2.45) is 5.92 Å². The normalized spacial score (nSPS) is 15.7. The number of benzene rings is 1. The highest BCUT2D eigenvalue weighted by Crippen LogP contribution is 2.35. The number of rotatable bonds is 2. The Morgan fingerprint density at radius 1 is 1.30 bits per heavy atom. The molecule has 0 bridgehead atoms. The summed E-state index contributed by atoms with van der Waals surface area (Å²) < 4.78 is 17.8. The molecule has 1 aliphatic heterocycles. The summed E-state index contributed by atoms with van der Waals surface area (Å²) in [6.07, 6.45) is 5.24. The minimum absolute atomic E-state index is 0.262. The van der Waals surface area contributed by atoms with E-state index >= 15 is 0 Å². The van der Waals surface area contributed by atoms with Crippen LogP contribution in [-0.2, 0) is 13.0 Å². The first-order valence-electron chi connectivity index (χ1n) is 7.96. The second-order valence-electron chi connectivity index (χ2n) is 6.46. The van der Waals surface area contributed by atoms with E-state index in [4.69, 9.17) is 4.98 Å². The minimum Gasteiger partial charge on any atom is -0.300 e. The number of fused-ring (bicyclic) bond motifs is 5. The van der Waals surface area contributed by atoms with Gasteiger partial charge in [-0.2, -0.15) is 5.10 Å². The number of hydrogen-bond acceptors (Lipinski definition) is 3. The van der Waals surface area contributed by atoms with Crippen LogP contribution in [0.15, 0.2) is 24.5 Å². The topological polar surface area (TPSA) is 48.5 Å². The van der Waals surface area contributed by atoms with Crippen molar-refractivity contribution in [3.8, 4) is 17.1 Å². The molecule has 2 aromatic heterocycles. The summed E-state index contributed by atoms with van der Waals surface area (Å²) in [5.74, 6) is 2.07. The van der Waals surface area contributed by atoms with Gasteiger partial charge in [-0.15, -0.1) is 0 Å². The lowest BCUT2D eigenvalue weighted by Gasteiger charge is -2.08. The van der Waals surface area contributed by atoms with Gasteiger partial charge in [0.05, 0.1) is 29.9 Å². The summed E-state index contributed by atoms with van der Waals surface area (Å²) in [7, 11) is 0. The molecule has 3 aromatic rings. The number of aryl methyl sites for hydroxylation is 1. The van der Waals surface area contributed by atoms with Crippen LogP contribution in [0, 0.1) is 18.7 Å². The van der Waals surface area contributed by atoms with E-state index < -0.39 is 0 Å². The molecule has 5 nitrogen and oxygen atoms in total. The Hall–Kier alpha value is -2.50. The van der Waals surface area contributed by atoms with Crippen molar-refractivity contribution >= 4 is 0 Å². The van der Waals surface area contributed by atoms with Gasteiger partial charge >= 0.3 is 0 Å². The highest BCUT2D eigenvalue weighted by molar-refractivity contribution is 5.69. The highest BCUT2D eigenvalue weighted by atomic mass is 19.1. The summed E-state index contributed by atoms with van der Waals surface area (Å²) >= 11 is 0. The predicted molar refractivity (Wildman–Crippen MR) is 82.8 cm³/mol. The molecule has 6 heteroatoms. The molecular weight excluding hydrogens is 293 g/mol. The zero-order chi connectivity index (χ0) is 15.6. The molecule has 5 rings (SSSR count). The van der Waals surface area contributed by atoms with E-state index in [9.17, 15) is 4.39 Å². The van der Waals surface area contributed by atoms with E-state index in [0.717, 1.165) is 46.6 Å². The first-order chi connectivity index (χ1) is 11.2. The Morgan fingerprint density at radius 3 is 3.00 bits per heavy atom. The molecule has 1 aromatic carbocycles. The quantitative estimate of drug-likeness (QED) is 0.572. The highest BCUT2D eigenvalue weighted by Gasteiger charge is 2.27. The van der Waals surface area contributed by atoms with Gasteiger partial charge in [0.1, 0.15) is 5.82 Å².